The molecular weight excluding hydrogens is 268 g/mol. The summed E-state index contributed by atoms with van der Waals surface area (Å²) in [6.45, 7) is -0.312. The maximum Gasteiger partial charge on any atom is 0.263 e. The lowest BCUT2D eigenvalue weighted by molar-refractivity contribution is -0.118. The van der Waals surface area contributed by atoms with E-state index in [9.17, 15) is 4.79 Å². The molecule has 5 nitrogen and oxygen atoms in total. The number of anilines is 1. The molecule has 21 heavy (non-hydrogen) atoms. The van der Waals surface area contributed by atoms with Crippen LogP contribution in [0, 0.1) is 11.8 Å². The fourth-order valence-corrected chi connectivity index (χ4v) is 1.56. The Morgan fingerprint density at radius 1 is 1.29 bits per heavy atom. The summed E-state index contributed by atoms with van der Waals surface area (Å²) >= 11 is 0. The number of carbonyl (C=O) groups excluding carboxylic acids is 1. The lowest BCUT2D eigenvalue weighted by Crippen LogP contribution is -2.20. The predicted octanol–water partition coefficient (Wildman–Crippen LogP) is 1.44. The number of aliphatic hydroxyl groups is 1. The summed E-state index contributed by atoms with van der Waals surface area (Å²) in [6, 6.07) is 12.4. The average Bonchev–Trinajstić information content (AvgIpc) is 2.52. The number of benzene rings is 1. The summed E-state index contributed by atoms with van der Waals surface area (Å²) in [4.78, 5) is 15.8. The number of pyridine rings is 1. The Hall–Kier alpha value is -2.84. The molecule has 1 aromatic heterocycles. The molecule has 0 aliphatic carbocycles. The lowest BCUT2D eigenvalue weighted by atomic mass is 10.2. The van der Waals surface area contributed by atoms with Crippen LogP contribution in [-0.2, 0) is 4.79 Å². The highest BCUT2D eigenvalue weighted by atomic mass is 16.5. The Labute approximate surface area is 122 Å². The molecule has 2 aromatic rings. The van der Waals surface area contributed by atoms with Gasteiger partial charge in [-0.15, -0.1) is 0 Å². The molecule has 5 heteroatoms. The maximum atomic E-state index is 11.8. The van der Waals surface area contributed by atoms with E-state index in [4.69, 9.17) is 9.84 Å². The van der Waals surface area contributed by atoms with Gasteiger partial charge in [0.25, 0.3) is 5.91 Å². The highest BCUT2D eigenvalue weighted by molar-refractivity contribution is 5.91. The fourth-order valence-electron chi connectivity index (χ4n) is 1.56. The van der Waals surface area contributed by atoms with Gasteiger partial charge in [-0.05, 0) is 24.3 Å². The van der Waals surface area contributed by atoms with E-state index >= 15 is 0 Å². The number of carbonyl (C=O) groups is 1. The van der Waals surface area contributed by atoms with Crippen molar-refractivity contribution < 1.29 is 14.6 Å². The number of aliphatic hydroxyl groups excluding tert-OH is 1. The Bertz CT molecular complexity index is 660. The smallest absolute Gasteiger partial charge is 0.263 e. The van der Waals surface area contributed by atoms with Crippen LogP contribution in [0.25, 0.3) is 0 Å². The number of hydrogen-bond donors (Lipinski definition) is 2. The maximum absolute atomic E-state index is 11.8. The highest BCUT2D eigenvalue weighted by Gasteiger charge is 2.04. The Kier molecular flexibility index (Phi) is 5.33. The van der Waals surface area contributed by atoms with Gasteiger partial charge in [0.05, 0.1) is 0 Å². The Balaban J connectivity index is 1.90. The first-order valence-electron chi connectivity index (χ1n) is 6.31. The summed E-state index contributed by atoms with van der Waals surface area (Å²) < 4.78 is 5.33. The minimum Gasteiger partial charge on any atom is -0.484 e. The van der Waals surface area contributed by atoms with E-state index in [1.54, 1.807) is 24.3 Å². The van der Waals surface area contributed by atoms with E-state index in [2.05, 4.69) is 22.1 Å². The SMILES string of the molecule is O=C(COc1ccccc1)Nc1cc(C#CCO)ccn1. The van der Waals surface area contributed by atoms with Crippen molar-refractivity contribution >= 4 is 11.7 Å². The van der Waals surface area contributed by atoms with Crippen LogP contribution in [0.1, 0.15) is 5.56 Å². The van der Waals surface area contributed by atoms with Gasteiger partial charge in [0, 0.05) is 11.8 Å². The van der Waals surface area contributed by atoms with Gasteiger partial charge in [-0.25, -0.2) is 4.98 Å². The first-order valence-corrected chi connectivity index (χ1v) is 6.31. The van der Waals surface area contributed by atoms with Gasteiger partial charge in [0.1, 0.15) is 18.2 Å². The molecule has 0 unspecified atom stereocenters. The second kappa shape index (κ2) is 7.68. The molecule has 0 fully saturated rings. The standard InChI is InChI=1S/C16H14N2O3/c19-10-4-5-13-8-9-17-15(11-13)18-16(20)12-21-14-6-2-1-3-7-14/h1-3,6-9,11,19H,10,12H2,(H,17,18,20). The zero-order chi connectivity index (χ0) is 14.9. The molecule has 0 saturated carbocycles. The van der Waals surface area contributed by atoms with Crippen molar-refractivity contribution in [3.63, 3.8) is 0 Å². The lowest BCUT2D eigenvalue weighted by Gasteiger charge is -2.06. The van der Waals surface area contributed by atoms with Crippen molar-refractivity contribution in [1.82, 2.24) is 4.98 Å². The monoisotopic (exact) mass is 282 g/mol. The molecule has 0 aliphatic rings. The van der Waals surface area contributed by atoms with E-state index < -0.39 is 0 Å². The third-order valence-electron chi connectivity index (χ3n) is 2.45. The summed E-state index contributed by atoms with van der Waals surface area (Å²) in [6.07, 6.45) is 1.54. The number of nitrogens with one attached hydrogen (secondary N) is 1. The predicted molar refractivity (Wildman–Crippen MR) is 78.8 cm³/mol. The molecule has 0 bridgehead atoms. The summed E-state index contributed by atoms with van der Waals surface area (Å²) in [7, 11) is 0. The van der Waals surface area contributed by atoms with Crippen molar-refractivity contribution in [2.75, 3.05) is 18.5 Å². The largest absolute Gasteiger partial charge is 0.484 e. The van der Waals surface area contributed by atoms with Crippen LogP contribution in [0.3, 0.4) is 0 Å². The third kappa shape index (κ3) is 4.97. The number of para-hydroxylation sites is 1. The first-order chi connectivity index (χ1) is 10.3. The first kappa shape index (κ1) is 14.6. The molecule has 0 atom stereocenters. The molecular formula is C16H14N2O3. The zero-order valence-corrected chi connectivity index (χ0v) is 11.2. The van der Waals surface area contributed by atoms with Crippen LogP contribution in [0.2, 0.25) is 0 Å². The van der Waals surface area contributed by atoms with E-state index in [1.165, 1.54) is 6.20 Å². The fraction of sp³-hybridized carbons (Fsp3) is 0.125. The van der Waals surface area contributed by atoms with Crippen LogP contribution in [0.15, 0.2) is 48.7 Å². The quantitative estimate of drug-likeness (QED) is 0.832. The van der Waals surface area contributed by atoms with Crippen LogP contribution >= 0.6 is 0 Å². The van der Waals surface area contributed by atoms with Crippen molar-refractivity contribution in [3.8, 4) is 17.6 Å². The van der Waals surface area contributed by atoms with Gasteiger partial charge < -0.3 is 15.2 Å². The zero-order valence-electron chi connectivity index (χ0n) is 11.2. The average molecular weight is 282 g/mol. The number of rotatable bonds is 4. The summed E-state index contributed by atoms with van der Waals surface area (Å²) in [5.41, 5.74) is 0.665. The molecule has 0 saturated heterocycles. The molecule has 2 rings (SSSR count). The van der Waals surface area contributed by atoms with Crippen LogP contribution in [0.4, 0.5) is 5.82 Å². The molecule has 0 aliphatic heterocycles. The van der Waals surface area contributed by atoms with Crippen molar-refractivity contribution in [2.24, 2.45) is 0 Å². The highest BCUT2D eigenvalue weighted by Crippen LogP contribution is 2.09. The molecule has 1 aromatic carbocycles. The second-order valence-corrected chi connectivity index (χ2v) is 4.04. The summed E-state index contributed by atoms with van der Waals surface area (Å²) in [5, 5.41) is 11.3. The van der Waals surface area contributed by atoms with Crippen molar-refractivity contribution in [1.29, 1.82) is 0 Å². The number of ether oxygens (including phenoxy) is 1. The van der Waals surface area contributed by atoms with Gasteiger partial charge in [-0.3, -0.25) is 4.79 Å². The number of amides is 1. The van der Waals surface area contributed by atoms with E-state index in [1.807, 2.05) is 18.2 Å². The van der Waals surface area contributed by atoms with E-state index in [0.717, 1.165) is 0 Å². The number of aromatic nitrogens is 1. The molecule has 0 spiro atoms. The van der Waals surface area contributed by atoms with Gasteiger partial charge in [-0.1, -0.05) is 30.0 Å². The van der Waals surface area contributed by atoms with Gasteiger partial charge in [-0.2, -0.15) is 0 Å². The van der Waals surface area contributed by atoms with Crippen LogP contribution < -0.4 is 10.1 Å². The molecule has 106 valence electrons. The molecule has 2 N–H and O–H groups in total. The Morgan fingerprint density at radius 3 is 2.86 bits per heavy atom. The van der Waals surface area contributed by atoms with Gasteiger partial charge >= 0.3 is 0 Å². The minimum atomic E-state index is -0.307. The second-order valence-electron chi connectivity index (χ2n) is 4.04. The van der Waals surface area contributed by atoms with Gasteiger partial charge in [0.15, 0.2) is 6.61 Å². The molecule has 0 radical (unpaired) electrons. The van der Waals surface area contributed by atoms with E-state index in [-0.39, 0.29) is 19.1 Å². The normalized spacial score (nSPS) is 9.38. The van der Waals surface area contributed by atoms with Crippen molar-refractivity contribution in [3.05, 3.63) is 54.2 Å². The number of hydrogen-bond acceptors (Lipinski definition) is 4. The molecule has 1 heterocycles. The minimum absolute atomic E-state index is 0.0990. The van der Waals surface area contributed by atoms with Crippen LogP contribution in [0.5, 0.6) is 5.75 Å². The van der Waals surface area contributed by atoms with Crippen molar-refractivity contribution in [2.45, 2.75) is 0 Å². The number of nitrogens with zero attached hydrogens (tertiary/aromatic N) is 1. The van der Waals surface area contributed by atoms with E-state index in [0.29, 0.717) is 17.1 Å². The summed E-state index contributed by atoms with van der Waals surface area (Å²) in [5.74, 6) is 5.99. The Morgan fingerprint density at radius 2 is 2.10 bits per heavy atom. The third-order valence-corrected chi connectivity index (χ3v) is 2.45. The molecule has 1 amide bonds. The van der Waals surface area contributed by atoms with Gasteiger partial charge in [0.2, 0.25) is 0 Å². The van der Waals surface area contributed by atoms with Crippen LogP contribution in [-0.4, -0.2) is 29.2 Å². The topological polar surface area (TPSA) is 71.5 Å².